The predicted octanol–water partition coefficient (Wildman–Crippen LogP) is 2.30. The van der Waals surface area contributed by atoms with Crippen LogP contribution in [0.25, 0.3) is 0 Å². The predicted molar refractivity (Wildman–Crippen MR) is 86.3 cm³/mol. The van der Waals surface area contributed by atoms with E-state index in [1.807, 2.05) is 30.3 Å². The van der Waals surface area contributed by atoms with Crippen LogP contribution in [0, 0.1) is 0 Å². The van der Waals surface area contributed by atoms with E-state index in [0.29, 0.717) is 6.54 Å². The Kier molecular flexibility index (Phi) is 5.98. The van der Waals surface area contributed by atoms with Crippen LogP contribution in [0.2, 0.25) is 10.0 Å². The number of hydrogen-bond acceptors (Lipinski definition) is 3. The number of nitrogens with one attached hydrogen (secondary N) is 1. The summed E-state index contributed by atoms with van der Waals surface area (Å²) in [5.74, 6) is -0.291. The first kappa shape index (κ1) is 16.5. The highest BCUT2D eigenvalue weighted by Crippen LogP contribution is 2.14. The second-order valence-electron chi connectivity index (χ2n) is 4.71. The van der Waals surface area contributed by atoms with Crippen LogP contribution in [0.4, 0.5) is 0 Å². The lowest BCUT2D eigenvalue weighted by molar-refractivity contribution is -0.121. The maximum Gasteiger partial charge on any atom is 0.287 e. The zero-order chi connectivity index (χ0) is 15.9. The number of nitrogens with zero attached hydrogens (tertiary/aromatic N) is 2. The van der Waals surface area contributed by atoms with Crippen LogP contribution in [0.15, 0.2) is 41.3 Å². The van der Waals surface area contributed by atoms with Gasteiger partial charge in [-0.3, -0.25) is 9.59 Å². The molecular weight excluding hydrogens is 325 g/mol. The number of benzene rings is 1. The Labute approximate surface area is 137 Å². The summed E-state index contributed by atoms with van der Waals surface area (Å²) in [5, 5.41) is 6.47. The lowest BCUT2D eigenvalue weighted by Gasteiger charge is -2.07. The van der Waals surface area contributed by atoms with Gasteiger partial charge in [0.1, 0.15) is 11.6 Å². The quantitative estimate of drug-likeness (QED) is 0.821. The molecule has 5 nitrogen and oxygen atoms in total. The summed E-state index contributed by atoms with van der Waals surface area (Å²) in [7, 11) is 0. The normalized spacial score (nSPS) is 10.5. The molecule has 116 valence electrons. The van der Waals surface area contributed by atoms with Crippen molar-refractivity contribution >= 4 is 29.1 Å². The van der Waals surface area contributed by atoms with E-state index in [1.54, 1.807) is 0 Å². The van der Waals surface area contributed by atoms with Crippen LogP contribution in [0.5, 0.6) is 0 Å². The van der Waals surface area contributed by atoms with Gasteiger partial charge in [-0.25, -0.2) is 4.68 Å². The van der Waals surface area contributed by atoms with E-state index in [9.17, 15) is 9.59 Å². The first-order valence-corrected chi connectivity index (χ1v) is 7.55. The van der Waals surface area contributed by atoms with Crippen LogP contribution < -0.4 is 10.9 Å². The van der Waals surface area contributed by atoms with Gasteiger partial charge in [-0.1, -0.05) is 53.5 Å². The third-order valence-corrected chi connectivity index (χ3v) is 3.79. The second kappa shape index (κ2) is 7.96. The maximum absolute atomic E-state index is 11.8. The molecule has 0 fully saturated rings. The summed E-state index contributed by atoms with van der Waals surface area (Å²) in [6.07, 6.45) is 2.94. The van der Waals surface area contributed by atoms with Crippen LogP contribution in [-0.4, -0.2) is 22.2 Å². The summed E-state index contributed by atoms with van der Waals surface area (Å²) in [6, 6.07) is 10.0. The van der Waals surface area contributed by atoms with E-state index in [4.69, 9.17) is 23.2 Å². The van der Waals surface area contributed by atoms with Gasteiger partial charge in [0.2, 0.25) is 5.91 Å². The molecule has 2 aromatic rings. The van der Waals surface area contributed by atoms with Crippen molar-refractivity contribution in [2.75, 3.05) is 6.54 Å². The number of amides is 1. The highest BCUT2D eigenvalue weighted by Gasteiger charge is 2.10. The summed E-state index contributed by atoms with van der Waals surface area (Å²) < 4.78 is 0.987. The first-order valence-electron chi connectivity index (χ1n) is 6.79. The van der Waals surface area contributed by atoms with Crippen LogP contribution >= 0.6 is 23.2 Å². The topological polar surface area (TPSA) is 64.0 Å². The van der Waals surface area contributed by atoms with Crippen molar-refractivity contribution in [2.24, 2.45) is 0 Å². The Hall–Kier alpha value is -1.85. The molecule has 0 bridgehead atoms. The van der Waals surface area contributed by atoms with Crippen molar-refractivity contribution in [3.63, 3.8) is 0 Å². The number of rotatable bonds is 6. The Morgan fingerprint density at radius 2 is 1.95 bits per heavy atom. The highest BCUT2D eigenvalue weighted by molar-refractivity contribution is 6.41. The average Bonchev–Trinajstić information content (AvgIpc) is 2.53. The third-order valence-electron chi connectivity index (χ3n) is 3.04. The van der Waals surface area contributed by atoms with E-state index < -0.39 is 5.56 Å². The monoisotopic (exact) mass is 339 g/mol. The molecule has 1 heterocycles. The molecule has 1 amide bonds. The number of carbonyl (C=O) groups excluding carboxylic acids is 1. The van der Waals surface area contributed by atoms with Crippen molar-refractivity contribution in [1.29, 1.82) is 0 Å². The molecule has 0 atom stereocenters. The third kappa shape index (κ3) is 4.58. The lowest BCUT2D eigenvalue weighted by Crippen LogP contribution is -2.34. The smallest absolute Gasteiger partial charge is 0.287 e. The molecule has 0 aliphatic carbocycles. The molecule has 0 aliphatic heterocycles. The highest BCUT2D eigenvalue weighted by atomic mass is 35.5. The number of hydrogen-bond donors (Lipinski definition) is 1. The zero-order valence-electron chi connectivity index (χ0n) is 11.8. The second-order valence-corrected chi connectivity index (χ2v) is 5.49. The van der Waals surface area contributed by atoms with Gasteiger partial charge < -0.3 is 5.32 Å². The van der Waals surface area contributed by atoms with Gasteiger partial charge in [0.15, 0.2) is 0 Å². The van der Waals surface area contributed by atoms with Gasteiger partial charge in [0.05, 0.1) is 11.2 Å². The fourth-order valence-electron chi connectivity index (χ4n) is 1.91. The number of aromatic nitrogens is 2. The number of halogens is 2. The standard InChI is InChI=1S/C15H15Cl2N3O2/c16-12-9-19-20(15(22)14(12)17)10-13(21)18-8-4-7-11-5-2-1-3-6-11/h1-3,5-6,9H,4,7-8,10H2,(H,18,21). The van der Waals surface area contributed by atoms with Crippen LogP contribution in [0.1, 0.15) is 12.0 Å². The van der Waals surface area contributed by atoms with E-state index >= 15 is 0 Å². The molecule has 0 spiro atoms. The first-order chi connectivity index (χ1) is 10.6. The minimum atomic E-state index is -0.575. The molecule has 0 saturated heterocycles. The SMILES string of the molecule is O=C(Cn1ncc(Cl)c(Cl)c1=O)NCCCc1ccccc1. The number of aryl methyl sites for hydroxylation is 1. The van der Waals surface area contributed by atoms with Gasteiger partial charge in [-0.05, 0) is 18.4 Å². The Balaban J connectivity index is 1.79. The minimum absolute atomic E-state index is 0.0752. The lowest BCUT2D eigenvalue weighted by atomic mass is 10.1. The Bertz CT molecular complexity index is 702. The molecule has 0 unspecified atom stereocenters. The summed E-state index contributed by atoms with van der Waals surface area (Å²) in [4.78, 5) is 23.5. The molecule has 0 saturated carbocycles. The van der Waals surface area contributed by atoms with Crippen LogP contribution in [-0.2, 0) is 17.8 Å². The van der Waals surface area contributed by atoms with E-state index in [1.165, 1.54) is 11.8 Å². The fourth-order valence-corrected chi connectivity index (χ4v) is 2.19. The summed E-state index contributed by atoms with van der Waals surface area (Å²) >= 11 is 11.4. The molecular formula is C15H15Cl2N3O2. The largest absolute Gasteiger partial charge is 0.354 e. The van der Waals surface area contributed by atoms with Crippen molar-refractivity contribution < 1.29 is 4.79 Å². The summed E-state index contributed by atoms with van der Waals surface area (Å²) in [5.41, 5.74) is 0.646. The van der Waals surface area contributed by atoms with Crippen molar-refractivity contribution in [2.45, 2.75) is 19.4 Å². The molecule has 2 rings (SSSR count). The van der Waals surface area contributed by atoms with Gasteiger partial charge in [-0.15, -0.1) is 0 Å². The number of carbonyl (C=O) groups is 1. The Morgan fingerprint density at radius 3 is 2.68 bits per heavy atom. The Morgan fingerprint density at radius 1 is 1.23 bits per heavy atom. The van der Waals surface area contributed by atoms with Gasteiger partial charge in [0.25, 0.3) is 5.56 Å². The minimum Gasteiger partial charge on any atom is -0.354 e. The van der Waals surface area contributed by atoms with Crippen molar-refractivity contribution in [3.05, 3.63) is 62.5 Å². The van der Waals surface area contributed by atoms with Gasteiger partial charge in [-0.2, -0.15) is 5.10 Å². The molecule has 0 aliphatic rings. The van der Waals surface area contributed by atoms with E-state index in [2.05, 4.69) is 10.4 Å². The molecule has 1 N–H and O–H groups in total. The summed E-state index contributed by atoms with van der Waals surface area (Å²) in [6.45, 7) is 0.352. The van der Waals surface area contributed by atoms with E-state index in [-0.39, 0.29) is 22.5 Å². The molecule has 22 heavy (non-hydrogen) atoms. The maximum atomic E-state index is 11.8. The van der Waals surface area contributed by atoms with Crippen molar-refractivity contribution in [1.82, 2.24) is 15.1 Å². The van der Waals surface area contributed by atoms with E-state index in [0.717, 1.165) is 17.5 Å². The average molecular weight is 340 g/mol. The molecule has 1 aromatic carbocycles. The zero-order valence-corrected chi connectivity index (χ0v) is 13.3. The van der Waals surface area contributed by atoms with Crippen LogP contribution in [0.3, 0.4) is 0 Å². The molecule has 0 radical (unpaired) electrons. The van der Waals surface area contributed by atoms with Gasteiger partial charge >= 0.3 is 0 Å². The molecule has 7 heteroatoms. The molecule has 1 aromatic heterocycles. The fraction of sp³-hybridized carbons (Fsp3) is 0.267. The van der Waals surface area contributed by atoms with Crippen molar-refractivity contribution in [3.8, 4) is 0 Å². The van der Waals surface area contributed by atoms with Gasteiger partial charge in [0, 0.05) is 6.54 Å².